The Kier molecular flexibility index (Phi) is 5.19. The molecule has 112 valence electrons. The number of rotatable bonds is 3. The van der Waals surface area contributed by atoms with E-state index in [1.54, 1.807) is 0 Å². The molecule has 0 spiro atoms. The van der Waals surface area contributed by atoms with Crippen LogP contribution >= 0.6 is 58.0 Å². The maximum atomic E-state index is 12.3. The van der Waals surface area contributed by atoms with Gasteiger partial charge in [-0.25, -0.2) is 8.42 Å². The Labute approximate surface area is 146 Å². The van der Waals surface area contributed by atoms with Gasteiger partial charge in [-0.1, -0.05) is 58.0 Å². The molecule has 0 unspecified atom stereocenters. The van der Waals surface area contributed by atoms with Crippen molar-refractivity contribution in [2.75, 3.05) is 4.72 Å². The summed E-state index contributed by atoms with van der Waals surface area (Å²) in [5, 5.41) is 0.892. The molecule has 9 heteroatoms. The second-order valence-corrected chi connectivity index (χ2v) is 7.65. The molecule has 0 aromatic heterocycles. The lowest BCUT2D eigenvalue weighted by Gasteiger charge is -2.11. The van der Waals surface area contributed by atoms with Gasteiger partial charge in [0.05, 0.1) is 35.7 Å². The Hall–Kier alpha value is -0.360. The van der Waals surface area contributed by atoms with Crippen LogP contribution in [0.4, 0.5) is 5.69 Å². The fraction of sp³-hybridized carbons (Fsp3) is 0. The number of hydrogen-bond donors (Lipinski definition) is 1. The monoisotopic (exact) mass is 403 g/mol. The molecule has 2 rings (SSSR count). The maximum Gasteiger partial charge on any atom is 0.261 e. The van der Waals surface area contributed by atoms with Gasteiger partial charge in [-0.2, -0.15) is 0 Å². The first-order chi connectivity index (χ1) is 9.70. The van der Waals surface area contributed by atoms with E-state index >= 15 is 0 Å². The molecule has 0 heterocycles. The smallest absolute Gasteiger partial charge is 0.261 e. The SMILES string of the molecule is O=S(=O)(Nc1cc(Cl)c(Cl)cc1Cl)c1ccc(Cl)c(Cl)c1. The summed E-state index contributed by atoms with van der Waals surface area (Å²) < 4.78 is 26.8. The zero-order valence-corrected chi connectivity index (χ0v) is 14.6. The van der Waals surface area contributed by atoms with Crippen molar-refractivity contribution >= 4 is 73.7 Å². The highest BCUT2D eigenvalue weighted by molar-refractivity contribution is 7.92. The van der Waals surface area contributed by atoms with Crippen LogP contribution in [0.1, 0.15) is 0 Å². The van der Waals surface area contributed by atoms with Crippen molar-refractivity contribution < 1.29 is 8.42 Å². The summed E-state index contributed by atoms with van der Waals surface area (Å²) in [5.41, 5.74) is 0.108. The van der Waals surface area contributed by atoms with Crippen molar-refractivity contribution in [3.05, 3.63) is 55.4 Å². The molecule has 0 aliphatic heterocycles. The highest BCUT2D eigenvalue weighted by atomic mass is 35.5. The Bertz CT molecular complexity index is 808. The largest absolute Gasteiger partial charge is 0.278 e. The number of hydrogen-bond acceptors (Lipinski definition) is 2. The second-order valence-electron chi connectivity index (χ2n) is 3.93. The van der Waals surface area contributed by atoms with Crippen molar-refractivity contribution in [1.82, 2.24) is 0 Å². The van der Waals surface area contributed by atoms with E-state index in [1.165, 1.54) is 30.3 Å². The van der Waals surface area contributed by atoms with Crippen LogP contribution in [0, 0.1) is 0 Å². The maximum absolute atomic E-state index is 12.3. The van der Waals surface area contributed by atoms with E-state index in [0.717, 1.165) is 0 Å². The van der Waals surface area contributed by atoms with Gasteiger partial charge in [0.1, 0.15) is 0 Å². The fourth-order valence-corrected chi connectivity index (χ4v) is 3.56. The highest BCUT2D eigenvalue weighted by Crippen LogP contribution is 2.34. The van der Waals surface area contributed by atoms with E-state index in [-0.39, 0.29) is 35.7 Å². The molecule has 2 aromatic rings. The molecule has 3 nitrogen and oxygen atoms in total. The first kappa shape index (κ1) is 17.0. The van der Waals surface area contributed by atoms with Crippen LogP contribution in [-0.2, 0) is 10.0 Å². The minimum Gasteiger partial charge on any atom is -0.278 e. The van der Waals surface area contributed by atoms with Gasteiger partial charge in [0.25, 0.3) is 10.0 Å². The highest BCUT2D eigenvalue weighted by Gasteiger charge is 2.18. The second kappa shape index (κ2) is 6.41. The average Bonchev–Trinajstić information content (AvgIpc) is 2.39. The van der Waals surface area contributed by atoms with Crippen LogP contribution in [0.25, 0.3) is 0 Å². The van der Waals surface area contributed by atoms with Crippen molar-refractivity contribution in [1.29, 1.82) is 0 Å². The molecule has 0 atom stereocenters. The Morgan fingerprint density at radius 3 is 1.90 bits per heavy atom. The third kappa shape index (κ3) is 3.89. The average molecular weight is 406 g/mol. The molecule has 0 saturated carbocycles. The topological polar surface area (TPSA) is 46.2 Å². The van der Waals surface area contributed by atoms with Gasteiger partial charge in [-0.05, 0) is 30.3 Å². The van der Waals surface area contributed by atoms with Crippen LogP contribution < -0.4 is 4.72 Å². The Balaban J connectivity index is 2.42. The first-order valence-electron chi connectivity index (χ1n) is 5.33. The molecule has 0 fully saturated rings. The number of nitrogens with one attached hydrogen (secondary N) is 1. The van der Waals surface area contributed by atoms with Gasteiger partial charge in [0, 0.05) is 0 Å². The van der Waals surface area contributed by atoms with Crippen LogP contribution in [0.15, 0.2) is 35.2 Å². The third-order valence-corrected chi connectivity index (χ3v) is 5.59. The minimum absolute atomic E-state index is 0.0564. The fourth-order valence-electron chi connectivity index (χ4n) is 1.45. The quantitative estimate of drug-likeness (QED) is 0.661. The van der Waals surface area contributed by atoms with E-state index in [0.29, 0.717) is 0 Å². The lowest BCUT2D eigenvalue weighted by Crippen LogP contribution is -2.13. The van der Waals surface area contributed by atoms with Crippen LogP contribution in [-0.4, -0.2) is 8.42 Å². The summed E-state index contributed by atoms with van der Waals surface area (Å²) in [6.07, 6.45) is 0. The van der Waals surface area contributed by atoms with E-state index < -0.39 is 10.0 Å². The zero-order chi connectivity index (χ0) is 15.8. The molecule has 0 amide bonds. The lowest BCUT2D eigenvalue weighted by molar-refractivity contribution is 0.601. The standard InChI is InChI=1S/C12H6Cl5NO2S/c13-7-2-1-6(3-8(7)14)21(19,20)18-12-5-10(16)9(15)4-11(12)17/h1-5,18H. The van der Waals surface area contributed by atoms with Crippen molar-refractivity contribution in [3.63, 3.8) is 0 Å². The zero-order valence-electron chi connectivity index (χ0n) is 10.0. The van der Waals surface area contributed by atoms with Gasteiger partial charge in [0.15, 0.2) is 0 Å². The molecule has 0 bridgehead atoms. The molecule has 0 radical (unpaired) electrons. The minimum atomic E-state index is -3.88. The van der Waals surface area contributed by atoms with Crippen molar-refractivity contribution in [2.45, 2.75) is 4.90 Å². The molecule has 1 N–H and O–H groups in total. The molecule has 0 aliphatic carbocycles. The Morgan fingerprint density at radius 2 is 1.29 bits per heavy atom. The number of sulfonamides is 1. The van der Waals surface area contributed by atoms with Crippen molar-refractivity contribution in [2.24, 2.45) is 0 Å². The number of benzene rings is 2. The van der Waals surface area contributed by atoms with Gasteiger partial charge < -0.3 is 0 Å². The molecule has 0 saturated heterocycles. The van der Waals surface area contributed by atoms with Crippen LogP contribution in [0.3, 0.4) is 0 Å². The molecular formula is C12H6Cl5NO2S. The van der Waals surface area contributed by atoms with E-state index in [1.807, 2.05) is 0 Å². The van der Waals surface area contributed by atoms with Crippen LogP contribution in [0.2, 0.25) is 25.1 Å². The molecule has 21 heavy (non-hydrogen) atoms. The van der Waals surface area contributed by atoms with E-state index in [9.17, 15) is 8.42 Å². The number of anilines is 1. The normalized spacial score (nSPS) is 11.5. The summed E-state index contributed by atoms with van der Waals surface area (Å²) in [6, 6.07) is 6.61. The Morgan fingerprint density at radius 1 is 0.714 bits per heavy atom. The van der Waals surface area contributed by atoms with E-state index in [2.05, 4.69) is 4.72 Å². The van der Waals surface area contributed by atoms with Gasteiger partial charge in [-0.3, -0.25) is 4.72 Å². The summed E-state index contributed by atoms with van der Waals surface area (Å²) in [4.78, 5) is -0.0564. The lowest BCUT2D eigenvalue weighted by atomic mass is 10.3. The molecular weight excluding hydrogens is 399 g/mol. The molecule has 0 aliphatic rings. The summed E-state index contributed by atoms with van der Waals surface area (Å²) in [7, 11) is -3.88. The number of halogens is 5. The predicted octanol–water partition coefficient (Wildman–Crippen LogP) is 5.75. The van der Waals surface area contributed by atoms with E-state index in [4.69, 9.17) is 58.0 Å². The third-order valence-electron chi connectivity index (χ3n) is 2.46. The van der Waals surface area contributed by atoms with Gasteiger partial charge >= 0.3 is 0 Å². The van der Waals surface area contributed by atoms with Gasteiger partial charge in [0.2, 0.25) is 0 Å². The summed E-state index contributed by atoms with van der Waals surface area (Å²) in [5.74, 6) is 0. The van der Waals surface area contributed by atoms with Crippen molar-refractivity contribution in [3.8, 4) is 0 Å². The first-order valence-corrected chi connectivity index (χ1v) is 8.70. The summed E-state index contributed by atoms with van der Waals surface area (Å²) >= 11 is 29.1. The summed E-state index contributed by atoms with van der Waals surface area (Å²) in [6.45, 7) is 0. The van der Waals surface area contributed by atoms with Gasteiger partial charge in [-0.15, -0.1) is 0 Å². The van der Waals surface area contributed by atoms with Crippen LogP contribution in [0.5, 0.6) is 0 Å². The predicted molar refractivity (Wildman–Crippen MR) is 88.7 cm³/mol. The molecule has 2 aromatic carbocycles.